The number of benzene rings is 1. The first-order chi connectivity index (χ1) is 8.92. The Hall–Kier alpha value is -1.11. The lowest BCUT2D eigenvalue weighted by atomic mass is 10.2. The Morgan fingerprint density at radius 3 is 2.74 bits per heavy atom. The van der Waals surface area contributed by atoms with E-state index in [-0.39, 0.29) is 4.90 Å². The van der Waals surface area contributed by atoms with Crippen LogP contribution in [0.5, 0.6) is 0 Å². The molecule has 6 heteroatoms. The molecule has 1 aliphatic carbocycles. The van der Waals surface area contributed by atoms with Crippen molar-refractivity contribution in [3.63, 3.8) is 0 Å². The van der Waals surface area contributed by atoms with Crippen molar-refractivity contribution in [2.24, 2.45) is 0 Å². The van der Waals surface area contributed by atoms with Crippen molar-refractivity contribution in [1.82, 2.24) is 9.62 Å². The Morgan fingerprint density at radius 1 is 1.42 bits per heavy atom. The van der Waals surface area contributed by atoms with Gasteiger partial charge in [-0.1, -0.05) is 6.07 Å². The molecule has 1 aromatic rings. The lowest BCUT2D eigenvalue weighted by Gasteiger charge is -2.16. The molecular weight excluding hydrogens is 262 g/mol. The van der Waals surface area contributed by atoms with Gasteiger partial charge in [-0.15, -0.1) is 0 Å². The van der Waals surface area contributed by atoms with Crippen molar-refractivity contribution < 1.29 is 8.42 Å². The molecule has 0 bridgehead atoms. The van der Waals surface area contributed by atoms with E-state index in [9.17, 15) is 8.42 Å². The molecule has 19 heavy (non-hydrogen) atoms. The maximum atomic E-state index is 12.2. The second-order valence-corrected chi connectivity index (χ2v) is 6.82. The number of anilines is 1. The molecule has 0 aromatic heterocycles. The summed E-state index contributed by atoms with van der Waals surface area (Å²) in [6.45, 7) is 2.87. The molecule has 0 radical (unpaired) electrons. The molecule has 3 N–H and O–H groups in total. The van der Waals surface area contributed by atoms with Crippen LogP contribution in [-0.2, 0) is 10.0 Å². The highest BCUT2D eigenvalue weighted by atomic mass is 32.2. The van der Waals surface area contributed by atoms with Crippen LogP contribution in [0.4, 0.5) is 5.69 Å². The number of rotatable bonds is 6. The topological polar surface area (TPSA) is 75.4 Å². The average Bonchev–Trinajstić information content (AvgIpc) is 3.16. The fourth-order valence-corrected chi connectivity index (χ4v) is 3.35. The molecule has 5 nitrogen and oxygen atoms in total. The molecule has 1 saturated carbocycles. The number of likely N-dealkylation sites (N-methyl/N-ethyl adjacent to an activating group) is 1. The number of sulfonamides is 1. The van der Waals surface area contributed by atoms with Crippen LogP contribution in [-0.4, -0.2) is 39.5 Å². The van der Waals surface area contributed by atoms with E-state index in [0.29, 0.717) is 23.8 Å². The normalized spacial score (nSPS) is 15.9. The number of hydrogen-bond donors (Lipinski definition) is 2. The van der Waals surface area contributed by atoms with Gasteiger partial charge in [0.25, 0.3) is 0 Å². The Kier molecular flexibility index (Phi) is 4.13. The SMILES string of the molecule is Cc1c(N)cccc1S(=O)(=O)NCCN(C)C1CC1. The standard InChI is InChI=1S/C13H21N3O2S/c1-10-12(14)4-3-5-13(10)19(17,18)15-8-9-16(2)11-6-7-11/h3-5,11,15H,6-9,14H2,1-2H3. The van der Waals surface area contributed by atoms with Crippen LogP contribution in [0.15, 0.2) is 23.1 Å². The van der Waals surface area contributed by atoms with Crippen LogP contribution in [0.2, 0.25) is 0 Å². The first-order valence-electron chi connectivity index (χ1n) is 6.47. The van der Waals surface area contributed by atoms with E-state index in [1.807, 2.05) is 7.05 Å². The minimum atomic E-state index is -3.47. The Morgan fingerprint density at radius 2 is 2.11 bits per heavy atom. The molecule has 0 atom stereocenters. The van der Waals surface area contributed by atoms with Gasteiger partial charge in [-0.3, -0.25) is 0 Å². The second-order valence-electron chi connectivity index (χ2n) is 5.08. The molecule has 1 fully saturated rings. The highest BCUT2D eigenvalue weighted by Crippen LogP contribution is 2.24. The van der Waals surface area contributed by atoms with E-state index in [4.69, 9.17) is 5.73 Å². The van der Waals surface area contributed by atoms with Gasteiger partial charge in [0.05, 0.1) is 4.90 Å². The molecule has 0 spiro atoms. The summed E-state index contributed by atoms with van der Waals surface area (Å²) < 4.78 is 27.0. The fraction of sp³-hybridized carbons (Fsp3) is 0.538. The smallest absolute Gasteiger partial charge is 0.240 e. The van der Waals surface area contributed by atoms with Crippen molar-refractivity contribution in [2.75, 3.05) is 25.9 Å². The highest BCUT2D eigenvalue weighted by Gasteiger charge is 2.26. The Balaban J connectivity index is 1.99. The summed E-state index contributed by atoms with van der Waals surface area (Å²) >= 11 is 0. The van der Waals surface area contributed by atoms with Crippen LogP contribution in [0, 0.1) is 6.92 Å². The monoisotopic (exact) mass is 283 g/mol. The van der Waals surface area contributed by atoms with E-state index >= 15 is 0 Å². The summed E-state index contributed by atoms with van der Waals surface area (Å²) in [4.78, 5) is 2.45. The zero-order chi connectivity index (χ0) is 14.0. The average molecular weight is 283 g/mol. The molecule has 0 aliphatic heterocycles. The van der Waals surface area contributed by atoms with Gasteiger partial charge in [-0.2, -0.15) is 0 Å². The summed E-state index contributed by atoms with van der Waals surface area (Å²) in [7, 11) is -1.45. The number of nitrogen functional groups attached to an aromatic ring is 1. The van der Waals surface area contributed by atoms with Crippen LogP contribution < -0.4 is 10.5 Å². The minimum Gasteiger partial charge on any atom is -0.398 e. The van der Waals surface area contributed by atoms with Gasteiger partial charge in [0.2, 0.25) is 10.0 Å². The summed E-state index contributed by atoms with van der Waals surface area (Å²) in [6, 6.07) is 5.58. The third kappa shape index (κ3) is 3.46. The predicted octanol–water partition coefficient (Wildman–Crippen LogP) is 0.950. The van der Waals surface area contributed by atoms with Crippen molar-refractivity contribution in [3.05, 3.63) is 23.8 Å². The van der Waals surface area contributed by atoms with E-state index in [0.717, 1.165) is 6.54 Å². The summed E-state index contributed by atoms with van der Waals surface area (Å²) in [6.07, 6.45) is 2.44. The zero-order valence-electron chi connectivity index (χ0n) is 11.4. The molecule has 106 valence electrons. The van der Waals surface area contributed by atoms with Crippen molar-refractivity contribution in [3.8, 4) is 0 Å². The van der Waals surface area contributed by atoms with Crippen molar-refractivity contribution >= 4 is 15.7 Å². The van der Waals surface area contributed by atoms with E-state index in [2.05, 4.69) is 9.62 Å². The largest absolute Gasteiger partial charge is 0.398 e. The number of nitrogens with zero attached hydrogens (tertiary/aromatic N) is 1. The fourth-order valence-electron chi connectivity index (χ4n) is 2.05. The molecular formula is C13H21N3O2S. The van der Waals surface area contributed by atoms with Gasteiger partial charge in [0.1, 0.15) is 0 Å². The van der Waals surface area contributed by atoms with Gasteiger partial charge < -0.3 is 10.6 Å². The molecule has 1 aliphatic rings. The highest BCUT2D eigenvalue weighted by molar-refractivity contribution is 7.89. The van der Waals surface area contributed by atoms with E-state index in [1.165, 1.54) is 12.8 Å². The van der Waals surface area contributed by atoms with Gasteiger partial charge in [0.15, 0.2) is 0 Å². The molecule has 0 saturated heterocycles. The Bertz CT molecular complexity index is 553. The Labute approximate surface area is 114 Å². The number of hydrogen-bond acceptors (Lipinski definition) is 4. The molecule has 0 unspecified atom stereocenters. The quantitative estimate of drug-likeness (QED) is 0.762. The summed E-state index contributed by atoms with van der Waals surface area (Å²) in [5, 5.41) is 0. The van der Waals surface area contributed by atoms with E-state index in [1.54, 1.807) is 25.1 Å². The number of nitrogens with two attached hydrogens (primary N) is 1. The van der Waals surface area contributed by atoms with Crippen molar-refractivity contribution in [2.45, 2.75) is 30.7 Å². The summed E-state index contributed by atoms with van der Waals surface area (Å²) in [5.41, 5.74) is 6.84. The first kappa shape index (κ1) is 14.3. The maximum Gasteiger partial charge on any atom is 0.240 e. The van der Waals surface area contributed by atoms with Gasteiger partial charge in [-0.05, 0) is 44.5 Å². The summed E-state index contributed by atoms with van der Waals surface area (Å²) in [5.74, 6) is 0. The molecule has 1 aromatic carbocycles. The van der Waals surface area contributed by atoms with Gasteiger partial charge in [0, 0.05) is 24.8 Å². The van der Waals surface area contributed by atoms with E-state index < -0.39 is 10.0 Å². The van der Waals surface area contributed by atoms with Gasteiger partial charge in [-0.25, -0.2) is 13.1 Å². The zero-order valence-corrected chi connectivity index (χ0v) is 12.2. The van der Waals surface area contributed by atoms with Crippen LogP contribution in [0.1, 0.15) is 18.4 Å². The predicted molar refractivity (Wildman–Crippen MR) is 76.4 cm³/mol. The lowest BCUT2D eigenvalue weighted by molar-refractivity contribution is 0.329. The molecule has 0 amide bonds. The molecule has 0 heterocycles. The van der Waals surface area contributed by atoms with Crippen LogP contribution in [0.3, 0.4) is 0 Å². The van der Waals surface area contributed by atoms with Crippen LogP contribution >= 0.6 is 0 Å². The van der Waals surface area contributed by atoms with Crippen molar-refractivity contribution in [1.29, 1.82) is 0 Å². The molecule has 2 rings (SSSR count). The lowest BCUT2D eigenvalue weighted by Crippen LogP contribution is -2.34. The number of nitrogens with one attached hydrogen (secondary N) is 1. The minimum absolute atomic E-state index is 0.265. The maximum absolute atomic E-state index is 12.2. The third-order valence-corrected chi connectivity index (χ3v) is 5.15. The van der Waals surface area contributed by atoms with Crippen LogP contribution in [0.25, 0.3) is 0 Å². The van der Waals surface area contributed by atoms with Gasteiger partial charge >= 0.3 is 0 Å². The third-order valence-electron chi connectivity index (χ3n) is 3.54. The first-order valence-corrected chi connectivity index (χ1v) is 7.95. The second kappa shape index (κ2) is 5.48.